The molecule has 0 bridgehead atoms. The smallest absolute Gasteiger partial charge is 0.203 e. The van der Waals surface area contributed by atoms with Crippen LogP contribution < -0.4 is 5.43 Å². The van der Waals surface area contributed by atoms with Crippen LogP contribution in [0, 0.1) is 0 Å². The Kier molecular flexibility index (Phi) is 8.58. The van der Waals surface area contributed by atoms with Gasteiger partial charge >= 0.3 is 0 Å². The van der Waals surface area contributed by atoms with E-state index in [2.05, 4.69) is 6.08 Å². The van der Waals surface area contributed by atoms with Crippen molar-refractivity contribution in [2.24, 2.45) is 0 Å². The third-order valence-corrected chi connectivity index (χ3v) is 6.13. The lowest BCUT2D eigenvalue weighted by Crippen LogP contribution is -2.15. The minimum atomic E-state index is -1.49. The van der Waals surface area contributed by atoms with Crippen LogP contribution in [0.3, 0.4) is 0 Å². The Balaban J connectivity index is 2.34. The molecule has 0 fully saturated rings. The van der Waals surface area contributed by atoms with Crippen molar-refractivity contribution < 1.29 is 35.1 Å². The Morgan fingerprint density at radius 3 is 2.11 bits per heavy atom. The summed E-state index contributed by atoms with van der Waals surface area (Å²) in [4.78, 5) is 13.7. The van der Waals surface area contributed by atoms with Crippen molar-refractivity contribution in [1.29, 1.82) is 0 Å². The molecular weight excluding hydrogens is 488 g/mol. The van der Waals surface area contributed by atoms with Gasteiger partial charge < -0.3 is 35.1 Å². The van der Waals surface area contributed by atoms with Gasteiger partial charge in [-0.15, -0.1) is 0 Å². The first-order valence-electron chi connectivity index (χ1n) is 12.2. The molecule has 6 N–H and O–H groups in total. The summed E-state index contributed by atoms with van der Waals surface area (Å²) in [5, 5.41) is 62.4. The van der Waals surface area contributed by atoms with E-state index in [1.54, 1.807) is 13.8 Å². The van der Waals surface area contributed by atoms with E-state index in [1.165, 1.54) is 11.6 Å². The van der Waals surface area contributed by atoms with Gasteiger partial charge in [0.1, 0.15) is 40.1 Å². The zero-order valence-corrected chi connectivity index (χ0v) is 22.2. The van der Waals surface area contributed by atoms with Crippen LogP contribution in [-0.2, 0) is 6.42 Å². The average molecular weight is 523 g/mol. The first-order chi connectivity index (χ1) is 17.8. The van der Waals surface area contributed by atoms with Crippen LogP contribution in [-0.4, -0.2) is 30.6 Å². The number of hydrogen-bond acceptors (Lipinski definition) is 8. The molecule has 1 aromatic heterocycles. The highest BCUT2D eigenvalue weighted by molar-refractivity contribution is 5.91. The maximum atomic E-state index is 13.7. The number of phenols is 5. The normalized spacial score (nSPS) is 12.4. The molecule has 0 saturated heterocycles. The van der Waals surface area contributed by atoms with E-state index in [4.69, 9.17) is 4.42 Å². The summed E-state index contributed by atoms with van der Waals surface area (Å²) in [6, 6.07) is 2.94. The molecule has 8 nitrogen and oxygen atoms in total. The first kappa shape index (κ1) is 28.4. The highest BCUT2D eigenvalue weighted by Gasteiger charge is 2.27. The number of aromatic hydroxyl groups is 5. The van der Waals surface area contributed by atoms with Crippen molar-refractivity contribution in [1.82, 2.24) is 0 Å². The van der Waals surface area contributed by atoms with Gasteiger partial charge in [0.05, 0.1) is 11.1 Å². The molecule has 3 aromatic rings. The molecule has 0 aliphatic carbocycles. The Hall–Kier alpha value is -4.17. The minimum Gasteiger partial charge on any atom is -0.507 e. The summed E-state index contributed by atoms with van der Waals surface area (Å²) < 4.78 is 6.08. The van der Waals surface area contributed by atoms with E-state index in [-0.39, 0.29) is 45.6 Å². The largest absolute Gasteiger partial charge is 0.507 e. The summed E-state index contributed by atoms with van der Waals surface area (Å²) in [6.45, 7) is 9.43. The van der Waals surface area contributed by atoms with Crippen LogP contribution in [0.4, 0.5) is 0 Å². The lowest BCUT2D eigenvalue weighted by molar-refractivity contribution is 0.225. The molecule has 0 saturated carbocycles. The molecule has 8 heteroatoms. The Bertz CT molecular complexity index is 1510. The predicted molar refractivity (Wildman–Crippen MR) is 147 cm³/mol. The quantitative estimate of drug-likeness (QED) is 0.116. The molecule has 1 heterocycles. The topological polar surface area (TPSA) is 152 Å². The molecule has 1 atom stereocenters. The lowest BCUT2D eigenvalue weighted by Gasteiger charge is -2.17. The van der Waals surface area contributed by atoms with Crippen LogP contribution in [0.1, 0.15) is 64.7 Å². The number of rotatable bonds is 8. The molecule has 0 radical (unpaired) electrons. The van der Waals surface area contributed by atoms with Crippen LogP contribution in [0.5, 0.6) is 28.7 Å². The van der Waals surface area contributed by atoms with E-state index in [0.717, 1.165) is 36.6 Å². The van der Waals surface area contributed by atoms with Crippen molar-refractivity contribution in [2.45, 2.75) is 60.0 Å². The number of benzene rings is 2. The van der Waals surface area contributed by atoms with Gasteiger partial charge in [-0.3, -0.25) is 4.79 Å². The number of allylic oxidation sites excluding steroid dienone is 5. The summed E-state index contributed by atoms with van der Waals surface area (Å²) in [5.41, 5.74) is 1.80. The van der Waals surface area contributed by atoms with Gasteiger partial charge in [0.15, 0.2) is 11.5 Å². The van der Waals surface area contributed by atoms with Gasteiger partial charge in [-0.1, -0.05) is 34.9 Å². The molecule has 0 aliphatic heterocycles. The molecule has 0 aliphatic rings. The number of phenolic OH excluding ortho intramolecular Hbond substituents is 5. The predicted octanol–water partition coefficient (Wildman–Crippen LogP) is 6.22. The zero-order valence-electron chi connectivity index (χ0n) is 22.2. The van der Waals surface area contributed by atoms with E-state index in [9.17, 15) is 35.4 Å². The maximum Gasteiger partial charge on any atom is 0.203 e. The van der Waals surface area contributed by atoms with Crippen molar-refractivity contribution in [3.63, 3.8) is 0 Å². The van der Waals surface area contributed by atoms with E-state index in [0.29, 0.717) is 5.57 Å². The van der Waals surface area contributed by atoms with Gasteiger partial charge in [0, 0.05) is 17.7 Å². The molecule has 202 valence electrons. The Labute approximate surface area is 220 Å². The molecular formula is C30H34O8. The summed E-state index contributed by atoms with van der Waals surface area (Å²) in [5.74, 6) is -2.81. The highest BCUT2D eigenvalue weighted by Crippen LogP contribution is 2.43. The van der Waals surface area contributed by atoms with Crippen molar-refractivity contribution in [2.75, 3.05) is 0 Å². The highest BCUT2D eigenvalue weighted by atomic mass is 16.3. The molecule has 2 aromatic carbocycles. The van der Waals surface area contributed by atoms with Crippen LogP contribution >= 0.6 is 0 Å². The Morgan fingerprint density at radius 1 is 0.842 bits per heavy atom. The fourth-order valence-corrected chi connectivity index (χ4v) is 4.18. The molecule has 0 spiro atoms. The van der Waals surface area contributed by atoms with Gasteiger partial charge in [-0.05, 0) is 59.9 Å². The summed E-state index contributed by atoms with van der Waals surface area (Å²) in [6.07, 6.45) is 5.73. The van der Waals surface area contributed by atoms with E-state index in [1.807, 2.05) is 26.8 Å². The standard InChI is InChI=1S/C30H34O8/c1-15(2)7-6-8-17(5)9-10-18-20(31)14-25(36)27-28(37)26(24(35)11-16(3)4)30(38-29(18)27)19-12-22(33)23(34)13-21(19)32/h7,9,11-14,24,31-36H,6,8,10H2,1-5H3/t24-/m1/s1. The van der Waals surface area contributed by atoms with Crippen molar-refractivity contribution >= 4 is 11.0 Å². The maximum absolute atomic E-state index is 13.7. The van der Waals surface area contributed by atoms with Crippen LogP contribution in [0.25, 0.3) is 22.3 Å². The zero-order chi connectivity index (χ0) is 28.3. The lowest BCUT2D eigenvalue weighted by atomic mass is 9.96. The van der Waals surface area contributed by atoms with Crippen LogP contribution in [0.2, 0.25) is 0 Å². The second-order valence-corrected chi connectivity index (χ2v) is 9.89. The van der Waals surface area contributed by atoms with Gasteiger partial charge in [-0.25, -0.2) is 0 Å². The molecule has 3 rings (SSSR count). The van der Waals surface area contributed by atoms with E-state index >= 15 is 0 Å². The van der Waals surface area contributed by atoms with E-state index < -0.39 is 34.5 Å². The number of aliphatic hydroxyl groups is 1. The minimum absolute atomic E-state index is 0.129. The third-order valence-electron chi connectivity index (χ3n) is 6.13. The average Bonchev–Trinajstić information content (AvgIpc) is 2.79. The van der Waals surface area contributed by atoms with Crippen LogP contribution in [0.15, 0.2) is 62.4 Å². The van der Waals surface area contributed by atoms with Gasteiger partial charge in [0.2, 0.25) is 5.43 Å². The fraction of sp³-hybridized carbons (Fsp3) is 0.300. The second kappa shape index (κ2) is 11.5. The monoisotopic (exact) mass is 522 g/mol. The number of fused-ring (bicyclic) bond motifs is 1. The molecule has 0 amide bonds. The summed E-state index contributed by atoms with van der Waals surface area (Å²) >= 11 is 0. The number of aliphatic hydroxyl groups excluding tert-OH is 1. The third kappa shape index (κ3) is 6.03. The SMILES string of the molecule is CC(C)=CCCC(C)=CCc1c(O)cc(O)c2c(=O)c([C@H](O)C=C(C)C)c(-c3cc(O)c(O)cc3O)oc12. The molecule has 0 unspecified atom stereocenters. The second-order valence-electron chi connectivity index (χ2n) is 9.89. The fourth-order valence-electron chi connectivity index (χ4n) is 4.18. The van der Waals surface area contributed by atoms with Crippen molar-refractivity contribution in [3.05, 3.63) is 74.5 Å². The first-order valence-corrected chi connectivity index (χ1v) is 12.2. The summed E-state index contributed by atoms with van der Waals surface area (Å²) in [7, 11) is 0. The number of hydrogen-bond donors (Lipinski definition) is 6. The van der Waals surface area contributed by atoms with Crippen molar-refractivity contribution in [3.8, 4) is 40.1 Å². The Morgan fingerprint density at radius 2 is 1.47 bits per heavy atom. The van der Waals surface area contributed by atoms with Gasteiger partial charge in [-0.2, -0.15) is 0 Å². The molecule has 38 heavy (non-hydrogen) atoms. The van der Waals surface area contributed by atoms with Gasteiger partial charge in [0.25, 0.3) is 0 Å².